The summed E-state index contributed by atoms with van der Waals surface area (Å²) in [5.74, 6) is 0.147. The maximum Gasteiger partial charge on any atom is 0.287 e. The van der Waals surface area contributed by atoms with E-state index in [9.17, 15) is 4.79 Å². The highest BCUT2D eigenvalue weighted by molar-refractivity contribution is 6.04. The minimum atomic E-state index is -0.788. The van der Waals surface area contributed by atoms with Gasteiger partial charge in [0.1, 0.15) is 12.4 Å². The van der Waals surface area contributed by atoms with Crippen molar-refractivity contribution in [3.8, 4) is 5.75 Å². The van der Waals surface area contributed by atoms with Crippen LogP contribution in [0.2, 0.25) is 0 Å². The fourth-order valence-electron chi connectivity index (χ4n) is 2.24. The van der Waals surface area contributed by atoms with Gasteiger partial charge in [0.05, 0.1) is 5.71 Å². The average molecular weight is 312 g/mol. The van der Waals surface area contributed by atoms with E-state index < -0.39 is 12.0 Å². The van der Waals surface area contributed by atoms with Gasteiger partial charge in [0, 0.05) is 6.42 Å². The predicted octanol–water partition coefficient (Wildman–Crippen LogP) is 2.26. The van der Waals surface area contributed by atoms with Crippen molar-refractivity contribution in [1.29, 1.82) is 0 Å². The smallest absolute Gasteiger partial charge is 0.287 e. The van der Waals surface area contributed by atoms with Gasteiger partial charge in [-0.1, -0.05) is 35.5 Å². The number of rotatable bonds is 5. The van der Waals surface area contributed by atoms with E-state index in [1.807, 2.05) is 54.6 Å². The molecule has 1 atom stereocenters. The third kappa shape index (κ3) is 3.67. The van der Waals surface area contributed by atoms with Crippen LogP contribution in [-0.4, -0.2) is 22.9 Å². The number of hydrogen-bond donors (Lipinski definition) is 2. The van der Waals surface area contributed by atoms with Gasteiger partial charge in [-0.25, -0.2) is 5.48 Å². The Morgan fingerprint density at radius 2 is 1.96 bits per heavy atom. The number of benzene rings is 2. The SMILES string of the molecule is O=C(NO)[C@H]1CC(c2ccc(OCc3ccccc3)cc2)=NO1. The molecule has 1 aliphatic heterocycles. The number of hydroxylamine groups is 1. The van der Waals surface area contributed by atoms with Crippen molar-refractivity contribution in [3.05, 3.63) is 65.7 Å². The van der Waals surface area contributed by atoms with E-state index in [2.05, 4.69) is 5.16 Å². The molecule has 0 saturated heterocycles. The summed E-state index contributed by atoms with van der Waals surface area (Å²) < 4.78 is 5.72. The van der Waals surface area contributed by atoms with Gasteiger partial charge in [0.25, 0.3) is 5.91 Å². The standard InChI is InChI=1S/C17H16N2O4/c20-17(18-21)16-10-15(19-23-16)13-6-8-14(9-7-13)22-11-12-4-2-1-3-5-12/h1-9,16,21H,10-11H2,(H,18,20)/t16-/m1/s1. The van der Waals surface area contributed by atoms with Crippen molar-refractivity contribution < 1.29 is 19.6 Å². The Morgan fingerprint density at radius 1 is 1.22 bits per heavy atom. The molecular weight excluding hydrogens is 296 g/mol. The average Bonchev–Trinajstić information content (AvgIpc) is 3.11. The van der Waals surface area contributed by atoms with Crippen LogP contribution < -0.4 is 10.2 Å². The topological polar surface area (TPSA) is 80.2 Å². The number of carbonyl (C=O) groups excluding carboxylic acids is 1. The molecule has 118 valence electrons. The number of amides is 1. The Hall–Kier alpha value is -2.86. The summed E-state index contributed by atoms with van der Waals surface area (Å²) in [6.07, 6.45) is -0.472. The number of ether oxygens (including phenoxy) is 1. The predicted molar refractivity (Wildman–Crippen MR) is 83.2 cm³/mol. The maximum atomic E-state index is 11.3. The van der Waals surface area contributed by atoms with Crippen molar-refractivity contribution in [2.45, 2.75) is 19.1 Å². The van der Waals surface area contributed by atoms with Crippen molar-refractivity contribution in [1.82, 2.24) is 5.48 Å². The zero-order chi connectivity index (χ0) is 16.1. The van der Waals surface area contributed by atoms with Crippen LogP contribution in [0.4, 0.5) is 0 Å². The molecule has 1 aliphatic rings. The van der Waals surface area contributed by atoms with E-state index in [1.54, 1.807) is 5.48 Å². The summed E-state index contributed by atoms with van der Waals surface area (Å²) >= 11 is 0. The van der Waals surface area contributed by atoms with E-state index >= 15 is 0 Å². The van der Waals surface area contributed by atoms with Gasteiger partial charge in [-0.3, -0.25) is 10.0 Å². The summed E-state index contributed by atoms with van der Waals surface area (Å²) in [5, 5.41) is 12.5. The number of carbonyl (C=O) groups is 1. The monoisotopic (exact) mass is 312 g/mol. The highest BCUT2D eigenvalue weighted by Gasteiger charge is 2.28. The van der Waals surface area contributed by atoms with Gasteiger partial charge in [-0.2, -0.15) is 0 Å². The molecule has 0 aliphatic carbocycles. The normalized spacial score (nSPS) is 16.4. The first kappa shape index (κ1) is 15.1. The minimum Gasteiger partial charge on any atom is -0.489 e. The number of nitrogens with one attached hydrogen (secondary N) is 1. The largest absolute Gasteiger partial charge is 0.489 e. The summed E-state index contributed by atoms with van der Waals surface area (Å²) in [7, 11) is 0. The molecule has 0 spiro atoms. The summed E-state index contributed by atoms with van der Waals surface area (Å²) in [4.78, 5) is 16.3. The van der Waals surface area contributed by atoms with Gasteiger partial charge in [-0.05, 0) is 35.4 Å². The number of nitrogens with zero attached hydrogens (tertiary/aromatic N) is 1. The molecule has 6 nitrogen and oxygen atoms in total. The van der Waals surface area contributed by atoms with Crippen LogP contribution in [0.5, 0.6) is 5.75 Å². The molecule has 0 bridgehead atoms. The summed E-state index contributed by atoms with van der Waals surface area (Å²) in [6.45, 7) is 0.503. The van der Waals surface area contributed by atoms with Gasteiger partial charge in [0.2, 0.25) is 6.10 Å². The third-order valence-electron chi connectivity index (χ3n) is 3.51. The van der Waals surface area contributed by atoms with Crippen molar-refractivity contribution >= 4 is 11.6 Å². The van der Waals surface area contributed by atoms with Crippen LogP contribution in [0.3, 0.4) is 0 Å². The van der Waals surface area contributed by atoms with E-state index in [-0.39, 0.29) is 0 Å². The van der Waals surface area contributed by atoms with Gasteiger partial charge < -0.3 is 9.57 Å². The lowest BCUT2D eigenvalue weighted by molar-refractivity contribution is -0.139. The Balaban J connectivity index is 1.58. The Bertz CT molecular complexity index is 698. The van der Waals surface area contributed by atoms with Crippen LogP contribution in [0.1, 0.15) is 17.5 Å². The first-order valence-electron chi connectivity index (χ1n) is 7.20. The van der Waals surface area contributed by atoms with Crippen LogP contribution in [-0.2, 0) is 16.2 Å². The Kier molecular flexibility index (Phi) is 4.54. The molecular formula is C17H16N2O4. The molecule has 0 saturated carbocycles. The van der Waals surface area contributed by atoms with Crippen LogP contribution in [0.25, 0.3) is 0 Å². The molecule has 1 heterocycles. The summed E-state index contributed by atoms with van der Waals surface area (Å²) in [5.41, 5.74) is 4.18. The van der Waals surface area contributed by atoms with E-state index in [0.29, 0.717) is 18.7 Å². The molecule has 1 amide bonds. The fourth-order valence-corrected chi connectivity index (χ4v) is 2.24. The number of hydrogen-bond acceptors (Lipinski definition) is 5. The van der Waals surface area contributed by atoms with Crippen molar-refractivity contribution in [2.75, 3.05) is 0 Å². The van der Waals surface area contributed by atoms with Gasteiger partial charge >= 0.3 is 0 Å². The molecule has 3 rings (SSSR count). The first-order chi connectivity index (χ1) is 11.3. The maximum absolute atomic E-state index is 11.3. The molecule has 0 radical (unpaired) electrons. The molecule has 0 fully saturated rings. The molecule has 0 aromatic heterocycles. The van der Waals surface area contributed by atoms with E-state index in [1.165, 1.54) is 0 Å². The lowest BCUT2D eigenvalue weighted by Gasteiger charge is -2.07. The van der Waals surface area contributed by atoms with E-state index in [4.69, 9.17) is 14.8 Å². The molecule has 2 aromatic carbocycles. The quantitative estimate of drug-likeness (QED) is 0.655. The lowest BCUT2D eigenvalue weighted by Crippen LogP contribution is -2.32. The zero-order valence-electron chi connectivity index (χ0n) is 12.3. The lowest BCUT2D eigenvalue weighted by atomic mass is 10.0. The van der Waals surface area contributed by atoms with E-state index in [0.717, 1.165) is 16.9 Å². The fraction of sp³-hybridized carbons (Fsp3) is 0.176. The highest BCUT2D eigenvalue weighted by atomic mass is 16.6. The Morgan fingerprint density at radius 3 is 2.65 bits per heavy atom. The van der Waals surface area contributed by atoms with Crippen LogP contribution in [0.15, 0.2) is 59.8 Å². The number of oxime groups is 1. The van der Waals surface area contributed by atoms with Crippen LogP contribution >= 0.6 is 0 Å². The highest BCUT2D eigenvalue weighted by Crippen LogP contribution is 2.20. The third-order valence-corrected chi connectivity index (χ3v) is 3.51. The molecule has 6 heteroatoms. The zero-order valence-corrected chi connectivity index (χ0v) is 12.3. The molecule has 2 N–H and O–H groups in total. The molecule has 23 heavy (non-hydrogen) atoms. The second-order valence-corrected chi connectivity index (χ2v) is 5.11. The van der Waals surface area contributed by atoms with Crippen molar-refractivity contribution in [3.63, 3.8) is 0 Å². The van der Waals surface area contributed by atoms with Crippen molar-refractivity contribution in [2.24, 2.45) is 5.16 Å². The van der Waals surface area contributed by atoms with Gasteiger partial charge in [-0.15, -0.1) is 0 Å². The molecule has 2 aromatic rings. The molecule has 0 unspecified atom stereocenters. The van der Waals surface area contributed by atoms with Gasteiger partial charge in [0.15, 0.2) is 0 Å². The second kappa shape index (κ2) is 6.93. The first-order valence-corrected chi connectivity index (χ1v) is 7.20. The van der Waals surface area contributed by atoms with Crippen LogP contribution in [0, 0.1) is 0 Å². The minimum absolute atomic E-state index is 0.316. The second-order valence-electron chi connectivity index (χ2n) is 5.11. The Labute approximate surface area is 133 Å². The summed E-state index contributed by atoms with van der Waals surface area (Å²) in [6, 6.07) is 17.3.